The van der Waals surface area contributed by atoms with Crippen molar-refractivity contribution in [3.63, 3.8) is 0 Å². The first-order valence-corrected chi connectivity index (χ1v) is 6.27. The van der Waals surface area contributed by atoms with Gasteiger partial charge >= 0.3 is 0 Å². The first-order chi connectivity index (χ1) is 7.50. The summed E-state index contributed by atoms with van der Waals surface area (Å²) >= 11 is 0. The molecule has 0 bridgehead atoms. The van der Waals surface area contributed by atoms with E-state index in [0.717, 1.165) is 25.9 Å². The van der Waals surface area contributed by atoms with Crippen molar-refractivity contribution in [2.75, 3.05) is 13.1 Å². The van der Waals surface area contributed by atoms with Gasteiger partial charge in [0.1, 0.15) is 0 Å². The van der Waals surface area contributed by atoms with Crippen LogP contribution in [0.3, 0.4) is 0 Å². The summed E-state index contributed by atoms with van der Waals surface area (Å²) in [6.07, 6.45) is 1.87. The Hall–Kier alpha value is -0.610. The van der Waals surface area contributed by atoms with Gasteiger partial charge < -0.3 is 16.4 Å². The van der Waals surface area contributed by atoms with Crippen molar-refractivity contribution < 1.29 is 4.79 Å². The molecule has 0 saturated carbocycles. The van der Waals surface area contributed by atoms with Crippen molar-refractivity contribution in [1.82, 2.24) is 10.6 Å². The van der Waals surface area contributed by atoms with E-state index in [-0.39, 0.29) is 18.0 Å². The van der Waals surface area contributed by atoms with Crippen molar-refractivity contribution in [3.05, 3.63) is 0 Å². The van der Waals surface area contributed by atoms with Gasteiger partial charge in [-0.15, -0.1) is 0 Å². The van der Waals surface area contributed by atoms with Crippen molar-refractivity contribution in [1.29, 1.82) is 0 Å². The summed E-state index contributed by atoms with van der Waals surface area (Å²) in [5.74, 6) is 0.994. The second-order valence-electron chi connectivity index (χ2n) is 5.32. The Labute approximate surface area is 98.3 Å². The number of carbonyl (C=O) groups excluding carboxylic acids is 1. The lowest BCUT2D eigenvalue weighted by Crippen LogP contribution is -2.54. The van der Waals surface area contributed by atoms with Gasteiger partial charge in [-0.2, -0.15) is 0 Å². The molecule has 1 fully saturated rings. The number of carbonyl (C=O) groups is 1. The predicted octanol–water partition coefficient (Wildman–Crippen LogP) is 0.474. The van der Waals surface area contributed by atoms with Crippen molar-refractivity contribution in [2.45, 2.75) is 45.7 Å². The maximum Gasteiger partial charge on any atom is 0.237 e. The first-order valence-electron chi connectivity index (χ1n) is 6.27. The number of piperidine rings is 1. The zero-order chi connectivity index (χ0) is 12.1. The molecular weight excluding hydrogens is 202 g/mol. The minimum atomic E-state index is -0.367. The van der Waals surface area contributed by atoms with Crippen LogP contribution in [0.1, 0.15) is 33.6 Å². The highest BCUT2D eigenvalue weighted by Gasteiger charge is 2.24. The average Bonchev–Trinajstić information content (AvgIpc) is 2.20. The molecule has 0 aromatic rings. The van der Waals surface area contributed by atoms with Crippen LogP contribution in [0.2, 0.25) is 0 Å². The van der Waals surface area contributed by atoms with Gasteiger partial charge in [0.05, 0.1) is 6.04 Å². The number of amides is 1. The van der Waals surface area contributed by atoms with E-state index in [1.165, 1.54) is 0 Å². The minimum absolute atomic E-state index is 0.00532. The molecule has 0 aromatic heterocycles. The van der Waals surface area contributed by atoms with E-state index in [4.69, 9.17) is 5.73 Å². The molecule has 1 aliphatic heterocycles. The van der Waals surface area contributed by atoms with E-state index >= 15 is 0 Å². The molecule has 0 radical (unpaired) electrons. The summed E-state index contributed by atoms with van der Waals surface area (Å²) in [7, 11) is 0. The lowest BCUT2D eigenvalue weighted by atomic mass is 9.94. The normalized spacial score (nSPS) is 27.8. The summed E-state index contributed by atoms with van der Waals surface area (Å²) in [5, 5.41) is 6.34. The molecule has 0 aliphatic carbocycles. The molecule has 1 amide bonds. The van der Waals surface area contributed by atoms with E-state index in [2.05, 4.69) is 31.4 Å². The summed E-state index contributed by atoms with van der Waals surface area (Å²) in [5.41, 5.74) is 5.85. The van der Waals surface area contributed by atoms with Crippen LogP contribution in [0, 0.1) is 11.8 Å². The third-order valence-corrected chi connectivity index (χ3v) is 3.22. The van der Waals surface area contributed by atoms with Crippen LogP contribution in [0.4, 0.5) is 0 Å². The Morgan fingerprint density at radius 1 is 1.56 bits per heavy atom. The lowest BCUT2D eigenvalue weighted by Gasteiger charge is -2.31. The van der Waals surface area contributed by atoms with E-state index in [0.29, 0.717) is 11.8 Å². The average molecular weight is 227 g/mol. The van der Waals surface area contributed by atoms with Crippen molar-refractivity contribution in [3.8, 4) is 0 Å². The topological polar surface area (TPSA) is 67.2 Å². The number of hydrogen-bond donors (Lipinski definition) is 3. The zero-order valence-electron chi connectivity index (χ0n) is 10.6. The number of nitrogens with two attached hydrogens (primary N) is 1. The molecule has 4 N–H and O–H groups in total. The minimum Gasteiger partial charge on any atom is -0.350 e. The summed E-state index contributed by atoms with van der Waals surface area (Å²) in [4.78, 5) is 11.8. The Kier molecular flexibility index (Phi) is 5.22. The maximum atomic E-state index is 11.8. The number of hydrogen-bond acceptors (Lipinski definition) is 3. The molecular formula is C12H25N3O. The van der Waals surface area contributed by atoms with Gasteiger partial charge in [-0.3, -0.25) is 4.79 Å². The van der Waals surface area contributed by atoms with Gasteiger partial charge in [0.2, 0.25) is 5.91 Å². The third kappa shape index (κ3) is 4.10. The highest BCUT2D eigenvalue weighted by Crippen LogP contribution is 2.11. The first kappa shape index (κ1) is 13.5. The van der Waals surface area contributed by atoms with Crippen LogP contribution < -0.4 is 16.4 Å². The van der Waals surface area contributed by atoms with Crippen LogP contribution in [0.25, 0.3) is 0 Å². The SMILES string of the molecule is CC(C)C[C@H](N)C(=O)NC1CNCCC1C. The smallest absolute Gasteiger partial charge is 0.237 e. The molecule has 2 unspecified atom stereocenters. The molecule has 0 aromatic carbocycles. The Morgan fingerprint density at radius 2 is 2.25 bits per heavy atom. The number of rotatable bonds is 4. The van der Waals surface area contributed by atoms with Gasteiger partial charge in [-0.25, -0.2) is 0 Å². The lowest BCUT2D eigenvalue weighted by molar-refractivity contribution is -0.123. The van der Waals surface area contributed by atoms with Crippen LogP contribution >= 0.6 is 0 Å². The molecule has 3 atom stereocenters. The summed E-state index contributed by atoms with van der Waals surface area (Å²) in [6, 6.07) is -0.131. The monoisotopic (exact) mass is 227 g/mol. The summed E-state index contributed by atoms with van der Waals surface area (Å²) in [6.45, 7) is 8.25. The van der Waals surface area contributed by atoms with E-state index in [1.807, 2.05) is 0 Å². The molecule has 1 rings (SSSR count). The van der Waals surface area contributed by atoms with Crippen LogP contribution in [0.15, 0.2) is 0 Å². The van der Waals surface area contributed by atoms with Crippen LogP contribution in [0.5, 0.6) is 0 Å². The molecule has 0 spiro atoms. The van der Waals surface area contributed by atoms with Gasteiger partial charge in [0.25, 0.3) is 0 Å². The Balaban J connectivity index is 2.37. The van der Waals surface area contributed by atoms with E-state index < -0.39 is 0 Å². The van der Waals surface area contributed by atoms with Gasteiger partial charge in [-0.1, -0.05) is 20.8 Å². The standard InChI is InChI=1S/C12H25N3O/c1-8(2)6-10(13)12(16)15-11-7-14-5-4-9(11)3/h8-11,14H,4-7,13H2,1-3H3,(H,15,16)/t9?,10-,11?/m0/s1. The van der Waals surface area contributed by atoms with E-state index in [9.17, 15) is 4.79 Å². The molecule has 1 saturated heterocycles. The van der Waals surface area contributed by atoms with Gasteiger partial charge in [0, 0.05) is 12.6 Å². The van der Waals surface area contributed by atoms with Gasteiger partial charge in [0.15, 0.2) is 0 Å². The summed E-state index contributed by atoms with van der Waals surface area (Å²) < 4.78 is 0. The highest BCUT2D eigenvalue weighted by atomic mass is 16.2. The fraction of sp³-hybridized carbons (Fsp3) is 0.917. The number of nitrogens with one attached hydrogen (secondary N) is 2. The fourth-order valence-electron chi connectivity index (χ4n) is 2.09. The second kappa shape index (κ2) is 6.21. The molecule has 94 valence electrons. The van der Waals surface area contributed by atoms with Crippen molar-refractivity contribution >= 4 is 5.91 Å². The Bertz CT molecular complexity index is 230. The molecule has 16 heavy (non-hydrogen) atoms. The largest absolute Gasteiger partial charge is 0.350 e. The Morgan fingerprint density at radius 3 is 2.81 bits per heavy atom. The zero-order valence-corrected chi connectivity index (χ0v) is 10.6. The molecule has 4 nitrogen and oxygen atoms in total. The van der Waals surface area contributed by atoms with E-state index in [1.54, 1.807) is 0 Å². The fourth-order valence-corrected chi connectivity index (χ4v) is 2.09. The van der Waals surface area contributed by atoms with Gasteiger partial charge in [-0.05, 0) is 31.2 Å². The molecule has 1 aliphatic rings. The maximum absolute atomic E-state index is 11.8. The molecule has 4 heteroatoms. The molecule has 1 heterocycles. The van der Waals surface area contributed by atoms with Crippen molar-refractivity contribution in [2.24, 2.45) is 17.6 Å². The quantitative estimate of drug-likeness (QED) is 0.654. The van der Waals surface area contributed by atoms with Crippen LogP contribution in [-0.2, 0) is 4.79 Å². The highest BCUT2D eigenvalue weighted by molar-refractivity contribution is 5.81. The third-order valence-electron chi connectivity index (χ3n) is 3.22. The predicted molar refractivity (Wildman–Crippen MR) is 66.0 cm³/mol. The van der Waals surface area contributed by atoms with Crippen LogP contribution in [-0.4, -0.2) is 31.1 Å². The second-order valence-corrected chi connectivity index (χ2v) is 5.32.